The SMILES string of the molecule is Cc1c(Oc2ccnc(-c3ccc(N4CCOCC4)nc3)c2)cccc1C(=O)NCc1cc(F)cc(F)c1. The van der Waals surface area contributed by atoms with Crippen LogP contribution in [-0.2, 0) is 11.3 Å². The molecule has 0 atom stereocenters. The number of hydrogen-bond acceptors (Lipinski definition) is 6. The maximum absolute atomic E-state index is 13.4. The number of nitrogens with one attached hydrogen (secondary N) is 1. The van der Waals surface area contributed by atoms with Gasteiger partial charge in [-0.2, -0.15) is 0 Å². The van der Waals surface area contributed by atoms with Crippen LogP contribution in [0, 0.1) is 18.6 Å². The number of carbonyl (C=O) groups is 1. The van der Waals surface area contributed by atoms with Gasteiger partial charge in [-0.1, -0.05) is 6.07 Å². The smallest absolute Gasteiger partial charge is 0.251 e. The highest BCUT2D eigenvalue weighted by atomic mass is 19.1. The summed E-state index contributed by atoms with van der Waals surface area (Å²) < 4.78 is 38.4. The van der Waals surface area contributed by atoms with Crippen LogP contribution in [0.4, 0.5) is 14.6 Å². The Morgan fingerprint density at radius 3 is 2.55 bits per heavy atom. The molecule has 0 unspecified atom stereocenters. The highest BCUT2D eigenvalue weighted by Crippen LogP contribution is 2.30. The second-order valence-electron chi connectivity index (χ2n) is 8.87. The first kappa shape index (κ1) is 25.3. The molecule has 4 aromatic rings. The molecule has 3 heterocycles. The number of halogens is 2. The molecule has 2 aromatic heterocycles. The van der Waals surface area contributed by atoms with Crippen LogP contribution in [0.5, 0.6) is 11.5 Å². The van der Waals surface area contributed by atoms with Gasteiger partial charge in [0, 0.05) is 60.9 Å². The van der Waals surface area contributed by atoms with Gasteiger partial charge >= 0.3 is 0 Å². The van der Waals surface area contributed by atoms with E-state index >= 15 is 0 Å². The van der Waals surface area contributed by atoms with E-state index < -0.39 is 11.6 Å². The lowest BCUT2D eigenvalue weighted by Crippen LogP contribution is -2.36. The Bertz CT molecular complexity index is 1420. The molecule has 194 valence electrons. The lowest BCUT2D eigenvalue weighted by atomic mass is 10.1. The quantitative estimate of drug-likeness (QED) is 0.360. The first-order valence-corrected chi connectivity index (χ1v) is 12.2. The maximum atomic E-state index is 13.4. The Labute approximate surface area is 219 Å². The van der Waals surface area contributed by atoms with E-state index in [1.807, 2.05) is 18.2 Å². The van der Waals surface area contributed by atoms with Crippen LogP contribution in [0.1, 0.15) is 21.5 Å². The van der Waals surface area contributed by atoms with Crippen molar-refractivity contribution >= 4 is 11.7 Å². The molecule has 1 N–H and O–H groups in total. The van der Waals surface area contributed by atoms with Crippen LogP contribution in [-0.4, -0.2) is 42.2 Å². The third-order valence-corrected chi connectivity index (χ3v) is 6.24. The summed E-state index contributed by atoms with van der Waals surface area (Å²) in [5.74, 6) is 0.204. The predicted molar refractivity (Wildman–Crippen MR) is 139 cm³/mol. The number of anilines is 1. The number of benzene rings is 2. The van der Waals surface area contributed by atoms with E-state index in [-0.39, 0.29) is 12.5 Å². The Morgan fingerprint density at radius 1 is 1.03 bits per heavy atom. The molecule has 38 heavy (non-hydrogen) atoms. The molecule has 1 aliphatic rings. The van der Waals surface area contributed by atoms with E-state index in [1.54, 1.807) is 43.6 Å². The molecule has 1 amide bonds. The fourth-order valence-corrected chi connectivity index (χ4v) is 4.24. The number of hydrogen-bond donors (Lipinski definition) is 1. The van der Waals surface area contributed by atoms with Crippen molar-refractivity contribution < 1.29 is 23.0 Å². The van der Waals surface area contributed by atoms with Crippen molar-refractivity contribution in [3.05, 3.63) is 101 Å². The molecule has 2 aromatic carbocycles. The minimum absolute atomic E-state index is 0.00981. The Balaban J connectivity index is 1.28. The van der Waals surface area contributed by atoms with E-state index in [0.717, 1.165) is 30.5 Å². The summed E-state index contributed by atoms with van der Waals surface area (Å²) in [6, 6.07) is 15.8. The maximum Gasteiger partial charge on any atom is 0.251 e. The second kappa shape index (κ2) is 11.4. The lowest BCUT2D eigenvalue weighted by molar-refractivity contribution is 0.0949. The first-order chi connectivity index (χ1) is 18.5. The molecule has 0 radical (unpaired) electrons. The molecule has 0 aliphatic carbocycles. The van der Waals surface area contributed by atoms with Gasteiger partial charge in [0.05, 0.1) is 18.9 Å². The number of ether oxygens (including phenoxy) is 2. The van der Waals surface area contributed by atoms with E-state index in [0.29, 0.717) is 47.1 Å². The predicted octanol–water partition coefficient (Wildman–Crippen LogP) is 5.29. The van der Waals surface area contributed by atoms with E-state index in [4.69, 9.17) is 9.47 Å². The van der Waals surface area contributed by atoms with Crippen LogP contribution in [0.15, 0.2) is 73.1 Å². The van der Waals surface area contributed by atoms with Crippen molar-refractivity contribution in [1.82, 2.24) is 15.3 Å². The lowest BCUT2D eigenvalue weighted by Gasteiger charge is -2.27. The topological polar surface area (TPSA) is 76.6 Å². The molecule has 9 heteroatoms. The molecule has 5 rings (SSSR count). The van der Waals surface area contributed by atoms with Crippen molar-refractivity contribution in [1.29, 1.82) is 0 Å². The van der Waals surface area contributed by atoms with Crippen molar-refractivity contribution in [2.45, 2.75) is 13.5 Å². The fourth-order valence-electron chi connectivity index (χ4n) is 4.24. The van der Waals surface area contributed by atoms with Crippen LogP contribution < -0.4 is 15.0 Å². The Morgan fingerprint density at radius 2 is 1.82 bits per heavy atom. The summed E-state index contributed by atoms with van der Waals surface area (Å²) >= 11 is 0. The minimum Gasteiger partial charge on any atom is -0.457 e. The number of aromatic nitrogens is 2. The highest BCUT2D eigenvalue weighted by Gasteiger charge is 2.15. The molecule has 7 nitrogen and oxygen atoms in total. The summed E-state index contributed by atoms with van der Waals surface area (Å²) in [5, 5.41) is 2.71. The van der Waals surface area contributed by atoms with Crippen LogP contribution in [0.25, 0.3) is 11.3 Å². The normalized spacial score (nSPS) is 13.3. The molecular weight excluding hydrogens is 490 g/mol. The average Bonchev–Trinajstić information content (AvgIpc) is 2.93. The number of amides is 1. The van der Waals surface area contributed by atoms with E-state index in [9.17, 15) is 13.6 Å². The molecular formula is C29H26F2N4O3. The number of carbonyl (C=O) groups excluding carboxylic acids is 1. The molecule has 0 bridgehead atoms. The third-order valence-electron chi connectivity index (χ3n) is 6.24. The van der Waals surface area contributed by atoms with Gasteiger partial charge < -0.3 is 19.7 Å². The van der Waals surface area contributed by atoms with Crippen molar-refractivity contribution in [3.8, 4) is 22.8 Å². The first-order valence-electron chi connectivity index (χ1n) is 12.2. The second-order valence-corrected chi connectivity index (χ2v) is 8.87. The summed E-state index contributed by atoms with van der Waals surface area (Å²) in [6.07, 6.45) is 3.45. The standard InChI is InChI=1S/C29H26F2N4O3/c1-19-25(29(36)34-17-20-13-22(30)15-23(31)14-20)3-2-4-27(19)38-24-7-8-32-26(16-24)21-5-6-28(33-18-21)35-9-11-37-12-10-35/h2-8,13-16,18H,9-12,17H2,1H3,(H,34,36). The summed E-state index contributed by atoms with van der Waals surface area (Å²) in [5.41, 5.74) is 2.92. The van der Waals surface area contributed by atoms with Gasteiger partial charge in [-0.3, -0.25) is 9.78 Å². The van der Waals surface area contributed by atoms with Gasteiger partial charge in [0.25, 0.3) is 5.91 Å². The van der Waals surface area contributed by atoms with Crippen molar-refractivity contribution in [2.75, 3.05) is 31.2 Å². The van der Waals surface area contributed by atoms with Gasteiger partial charge in [-0.25, -0.2) is 13.8 Å². The zero-order valence-electron chi connectivity index (χ0n) is 20.8. The van der Waals surface area contributed by atoms with Gasteiger partial charge in [-0.15, -0.1) is 0 Å². The molecule has 1 saturated heterocycles. The monoisotopic (exact) mass is 516 g/mol. The van der Waals surface area contributed by atoms with Gasteiger partial charge in [0.15, 0.2) is 0 Å². The van der Waals surface area contributed by atoms with Crippen LogP contribution >= 0.6 is 0 Å². The molecule has 1 aliphatic heterocycles. The number of rotatable bonds is 7. The zero-order chi connectivity index (χ0) is 26.5. The van der Waals surface area contributed by atoms with Crippen LogP contribution in [0.2, 0.25) is 0 Å². The summed E-state index contributed by atoms with van der Waals surface area (Å²) in [4.78, 5) is 24.0. The minimum atomic E-state index is -0.693. The highest BCUT2D eigenvalue weighted by molar-refractivity contribution is 5.96. The van der Waals surface area contributed by atoms with Gasteiger partial charge in [-0.05, 0) is 55.0 Å². The number of nitrogens with zero attached hydrogens (tertiary/aromatic N) is 3. The zero-order valence-corrected chi connectivity index (χ0v) is 20.8. The molecule has 1 fully saturated rings. The molecule has 0 spiro atoms. The Kier molecular flexibility index (Phi) is 7.55. The summed E-state index contributed by atoms with van der Waals surface area (Å²) in [7, 11) is 0. The number of pyridine rings is 2. The van der Waals surface area contributed by atoms with Gasteiger partial charge in [0.2, 0.25) is 0 Å². The van der Waals surface area contributed by atoms with E-state index in [1.165, 1.54) is 12.1 Å². The van der Waals surface area contributed by atoms with Crippen molar-refractivity contribution in [2.24, 2.45) is 0 Å². The van der Waals surface area contributed by atoms with Crippen molar-refractivity contribution in [3.63, 3.8) is 0 Å². The van der Waals surface area contributed by atoms with Crippen LogP contribution in [0.3, 0.4) is 0 Å². The Hall–Kier alpha value is -4.37. The largest absolute Gasteiger partial charge is 0.457 e. The average molecular weight is 517 g/mol. The summed E-state index contributed by atoms with van der Waals surface area (Å²) in [6.45, 7) is 4.79. The third kappa shape index (κ3) is 5.95. The number of morpholine rings is 1. The van der Waals surface area contributed by atoms with E-state index in [2.05, 4.69) is 20.2 Å². The molecule has 0 saturated carbocycles. The fraction of sp³-hybridized carbons (Fsp3) is 0.207. The van der Waals surface area contributed by atoms with Gasteiger partial charge in [0.1, 0.15) is 29.0 Å².